The van der Waals surface area contributed by atoms with Gasteiger partial charge in [0.05, 0.1) is 24.6 Å². The van der Waals surface area contributed by atoms with Crippen LogP contribution in [-0.4, -0.2) is 33.9 Å². The summed E-state index contributed by atoms with van der Waals surface area (Å²) in [6.07, 6.45) is 2.97. The molecule has 0 aliphatic rings. The van der Waals surface area contributed by atoms with Gasteiger partial charge in [0.25, 0.3) is 11.4 Å². The lowest BCUT2D eigenvalue weighted by atomic mass is 10.1. The zero-order valence-corrected chi connectivity index (χ0v) is 18.5. The third kappa shape index (κ3) is 5.70. The lowest BCUT2D eigenvalue weighted by molar-refractivity contribution is 0.139. The minimum absolute atomic E-state index is 0. The van der Waals surface area contributed by atoms with E-state index in [9.17, 15) is 9.90 Å². The number of benzene rings is 1. The molecule has 0 radical (unpaired) electrons. The summed E-state index contributed by atoms with van der Waals surface area (Å²) in [7, 11) is 1.79. The summed E-state index contributed by atoms with van der Waals surface area (Å²) >= 11 is 9.17. The number of aromatic amines is 1. The van der Waals surface area contributed by atoms with Crippen LogP contribution in [0.25, 0.3) is 0 Å². The number of aliphatic hydroxyl groups is 1. The molecule has 0 spiro atoms. The van der Waals surface area contributed by atoms with Gasteiger partial charge in [-0.15, -0.1) is 17.5 Å². The summed E-state index contributed by atoms with van der Waals surface area (Å²) < 4.78 is 6.07. The molecule has 1 aromatic carbocycles. The Kier molecular flexibility index (Phi) is 8.45. The van der Waals surface area contributed by atoms with Crippen LogP contribution >= 0.6 is 39.9 Å². The molecule has 10 heteroatoms. The number of rotatable bonds is 7. The lowest BCUT2D eigenvalue weighted by Gasteiger charge is -2.22. The van der Waals surface area contributed by atoms with Crippen molar-refractivity contribution in [2.45, 2.75) is 12.5 Å². The van der Waals surface area contributed by atoms with Crippen molar-refractivity contribution < 1.29 is 9.84 Å². The molecule has 2 aromatic heterocycles. The molecule has 0 aliphatic carbocycles. The molecular formula is C19H19BrCl2N4O3. The smallest absolute Gasteiger partial charge is 0.280 e. The van der Waals surface area contributed by atoms with Gasteiger partial charge in [-0.3, -0.25) is 9.78 Å². The minimum Gasteiger partial charge on any atom is -0.475 e. The summed E-state index contributed by atoms with van der Waals surface area (Å²) in [6, 6.07) is 10.6. The molecule has 3 aromatic rings. The molecular weight excluding hydrogens is 483 g/mol. The lowest BCUT2D eigenvalue weighted by Crippen LogP contribution is -2.20. The van der Waals surface area contributed by atoms with E-state index in [1.54, 1.807) is 54.7 Å². The number of nitrogens with one attached hydrogen (secondary N) is 1. The molecule has 2 N–H and O–H groups in total. The number of aromatic nitrogens is 3. The fourth-order valence-corrected chi connectivity index (χ4v) is 3.25. The Morgan fingerprint density at radius 1 is 1.31 bits per heavy atom. The first-order chi connectivity index (χ1) is 13.5. The van der Waals surface area contributed by atoms with Gasteiger partial charge < -0.3 is 14.7 Å². The van der Waals surface area contributed by atoms with Gasteiger partial charge in [-0.25, -0.2) is 5.10 Å². The minimum atomic E-state index is -0.706. The standard InChI is InChI=1S/C19H18BrClN4O3.ClH/c1-25(14-3-2-9-22-11-14)17-16(20)18(27)23-24-19(17)28-10-8-15(26)12-4-6-13(21)7-5-12;/h2-7,9,11,15,26H,8,10H2,1H3,(H,23,27);1H. The Hall–Kier alpha value is -2.13. The fraction of sp³-hybridized carbons (Fsp3) is 0.211. The number of pyridine rings is 1. The van der Waals surface area contributed by atoms with Crippen molar-refractivity contribution in [3.8, 4) is 5.88 Å². The zero-order valence-electron chi connectivity index (χ0n) is 15.4. The summed E-state index contributed by atoms with van der Waals surface area (Å²) in [6.45, 7) is 0.198. The third-order valence-corrected chi connectivity index (χ3v) is 5.11. The molecule has 0 fully saturated rings. The van der Waals surface area contributed by atoms with E-state index in [1.807, 2.05) is 6.07 Å². The highest BCUT2D eigenvalue weighted by Gasteiger charge is 2.19. The summed E-state index contributed by atoms with van der Waals surface area (Å²) in [5, 5.41) is 17.3. The van der Waals surface area contributed by atoms with E-state index in [-0.39, 0.29) is 30.5 Å². The van der Waals surface area contributed by atoms with Gasteiger partial charge in [0.2, 0.25) is 0 Å². The molecule has 2 heterocycles. The first kappa shape index (κ1) is 23.2. The third-order valence-electron chi connectivity index (χ3n) is 4.12. The van der Waals surface area contributed by atoms with Crippen LogP contribution in [-0.2, 0) is 0 Å². The molecule has 7 nitrogen and oxygen atoms in total. The van der Waals surface area contributed by atoms with Gasteiger partial charge in [0.15, 0.2) is 0 Å². The Bertz CT molecular complexity index is 987. The van der Waals surface area contributed by atoms with Crippen molar-refractivity contribution in [2.24, 2.45) is 0 Å². The quantitative estimate of drug-likeness (QED) is 0.502. The Balaban J connectivity index is 0.00000300. The van der Waals surface area contributed by atoms with Crippen molar-refractivity contribution in [1.82, 2.24) is 15.2 Å². The first-order valence-corrected chi connectivity index (χ1v) is 9.62. The highest BCUT2D eigenvalue weighted by Crippen LogP contribution is 2.35. The van der Waals surface area contributed by atoms with E-state index in [1.165, 1.54) is 0 Å². The maximum absolute atomic E-state index is 12.0. The number of aliphatic hydroxyl groups excluding tert-OH is 1. The molecule has 0 saturated heterocycles. The van der Waals surface area contributed by atoms with Crippen molar-refractivity contribution in [3.05, 3.63) is 74.2 Å². The van der Waals surface area contributed by atoms with E-state index < -0.39 is 6.10 Å². The van der Waals surface area contributed by atoms with Gasteiger partial charge in [-0.2, -0.15) is 0 Å². The zero-order chi connectivity index (χ0) is 20.1. The van der Waals surface area contributed by atoms with Crippen LogP contribution in [0.3, 0.4) is 0 Å². The molecule has 3 rings (SSSR count). The van der Waals surface area contributed by atoms with Gasteiger partial charge >= 0.3 is 0 Å². The maximum Gasteiger partial charge on any atom is 0.280 e. The number of halogens is 3. The Morgan fingerprint density at radius 2 is 2.03 bits per heavy atom. The predicted octanol–water partition coefficient (Wildman–Crippen LogP) is 4.27. The van der Waals surface area contributed by atoms with Gasteiger partial charge in [-0.1, -0.05) is 23.7 Å². The second kappa shape index (κ2) is 10.6. The van der Waals surface area contributed by atoms with Crippen LogP contribution in [0.15, 0.2) is 58.1 Å². The average Bonchev–Trinajstić information content (AvgIpc) is 2.71. The topological polar surface area (TPSA) is 91.3 Å². The van der Waals surface area contributed by atoms with E-state index in [0.29, 0.717) is 21.6 Å². The van der Waals surface area contributed by atoms with Crippen molar-refractivity contribution in [2.75, 3.05) is 18.6 Å². The van der Waals surface area contributed by atoms with E-state index >= 15 is 0 Å². The molecule has 1 unspecified atom stereocenters. The van der Waals surface area contributed by atoms with Crippen LogP contribution in [0.1, 0.15) is 18.1 Å². The van der Waals surface area contributed by atoms with E-state index in [4.69, 9.17) is 16.3 Å². The van der Waals surface area contributed by atoms with Crippen molar-refractivity contribution in [3.63, 3.8) is 0 Å². The largest absolute Gasteiger partial charge is 0.475 e. The Morgan fingerprint density at radius 3 is 2.69 bits per heavy atom. The molecule has 0 saturated carbocycles. The second-order valence-corrected chi connectivity index (χ2v) is 7.22. The van der Waals surface area contributed by atoms with Crippen LogP contribution in [0.4, 0.5) is 11.4 Å². The number of nitrogens with zero attached hydrogens (tertiary/aromatic N) is 3. The summed E-state index contributed by atoms with van der Waals surface area (Å²) in [4.78, 5) is 17.9. The average molecular weight is 502 g/mol. The van der Waals surface area contributed by atoms with Crippen LogP contribution < -0.4 is 15.2 Å². The normalized spacial score (nSPS) is 11.4. The summed E-state index contributed by atoms with van der Waals surface area (Å²) in [5.41, 5.74) is 1.61. The molecule has 0 amide bonds. The van der Waals surface area contributed by atoms with Crippen LogP contribution in [0, 0.1) is 0 Å². The van der Waals surface area contributed by atoms with Gasteiger partial charge in [0.1, 0.15) is 10.2 Å². The number of hydrogen-bond donors (Lipinski definition) is 2. The second-order valence-electron chi connectivity index (χ2n) is 6.00. The number of anilines is 2. The first-order valence-electron chi connectivity index (χ1n) is 8.45. The predicted molar refractivity (Wildman–Crippen MR) is 119 cm³/mol. The van der Waals surface area contributed by atoms with Crippen LogP contribution in [0.2, 0.25) is 5.02 Å². The van der Waals surface area contributed by atoms with E-state index in [2.05, 4.69) is 31.1 Å². The number of hydrogen-bond acceptors (Lipinski definition) is 6. The molecule has 29 heavy (non-hydrogen) atoms. The summed E-state index contributed by atoms with van der Waals surface area (Å²) in [5.74, 6) is 0.237. The van der Waals surface area contributed by atoms with E-state index in [0.717, 1.165) is 11.3 Å². The number of ether oxygens (including phenoxy) is 1. The Labute approximate surface area is 187 Å². The molecule has 154 valence electrons. The SMILES string of the molecule is CN(c1cccnc1)c1c(OCCC(O)c2ccc(Cl)cc2)n[nH]c(=O)c1Br.Cl. The van der Waals surface area contributed by atoms with Gasteiger partial charge in [0, 0.05) is 24.7 Å². The van der Waals surface area contributed by atoms with Gasteiger partial charge in [-0.05, 0) is 45.8 Å². The monoisotopic (exact) mass is 500 g/mol. The number of H-pyrrole nitrogens is 1. The fourth-order valence-electron chi connectivity index (χ4n) is 2.60. The maximum atomic E-state index is 12.0. The molecule has 0 bridgehead atoms. The van der Waals surface area contributed by atoms with Crippen molar-refractivity contribution >= 4 is 51.3 Å². The highest BCUT2D eigenvalue weighted by molar-refractivity contribution is 9.10. The molecule has 1 atom stereocenters. The highest BCUT2D eigenvalue weighted by atomic mass is 79.9. The van der Waals surface area contributed by atoms with Crippen LogP contribution in [0.5, 0.6) is 5.88 Å². The van der Waals surface area contributed by atoms with Crippen molar-refractivity contribution in [1.29, 1.82) is 0 Å². The molecule has 0 aliphatic heterocycles.